The van der Waals surface area contributed by atoms with E-state index in [2.05, 4.69) is 41.3 Å². The molecule has 16 heavy (non-hydrogen) atoms. The van der Waals surface area contributed by atoms with Crippen LogP contribution in [0.25, 0.3) is 0 Å². The summed E-state index contributed by atoms with van der Waals surface area (Å²) in [5.41, 5.74) is 15.5. The summed E-state index contributed by atoms with van der Waals surface area (Å²) in [7, 11) is 4.05. The van der Waals surface area contributed by atoms with Gasteiger partial charge in [0.05, 0.1) is 0 Å². The molecule has 0 aromatic carbocycles. The maximum atomic E-state index is 6.08. The Labute approximate surface area is 99.2 Å². The molecular formula is C13H21BN2. The quantitative estimate of drug-likeness (QED) is 0.685. The van der Waals surface area contributed by atoms with Crippen LogP contribution in [-0.4, -0.2) is 13.0 Å². The maximum absolute atomic E-state index is 6.08. The molecule has 0 saturated heterocycles. The molecule has 0 spiro atoms. The molecule has 0 amide bonds. The molecule has 1 aliphatic rings. The molecule has 2 nitrogen and oxygen atoms in total. The van der Waals surface area contributed by atoms with Gasteiger partial charge in [-0.1, -0.05) is 0 Å². The van der Waals surface area contributed by atoms with Crippen LogP contribution in [0.3, 0.4) is 0 Å². The Balaban J connectivity index is 2.96. The van der Waals surface area contributed by atoms with Crippen LogP contribution in [0, 0.1) is 11.3 Å². The SMILES string of the molecule is B=C(/C=C(/N)C1=C(N)C=CC1C)C(C)(C)C. The summed E-state index contributed by atoms with van der Waals surface area (Å²) in [6.45, 7) is 8.44. The molecule has 0 aliphatic heterocycles. The van der Waals surface area contributed by atoms with Gasteiger partial charge in [0, 0.05) is 0 Å². The molecule has 0 aromatic heterocycles. The van der Waals surface area contributed by atoms with Gasteiger partial charge in [-0.25, -0.2) is 0 Å². The van der Waals surface area contributed by atoms with Gasteiger partial charge in [0.15, 0.2) is 0 Å². The van der Waals surface area contributed by atoms with E-state index in [-0.39, 0.29) is 5.41 Å². The number of nitrogens with two attached hydrogens (primary N) is 2. The first-order valence-electron chi connectivity index (χ1n) is 5.58. The fraction of sp³-hybridized carbons (Fsp3) is 0.462. The van der Waals surface area contributed by atoms with Gasteiger partial charge >= 0.3 is 98.6 Å². The molecule has 1 rings (SSSR count). The van der Waals surface area contributed by atoms with Crippen LogP contribution in [0.1, 0.15) is 27.7 Å². The van der Waals surface area contributed by atoms with Crippen molar-refractivity contribution in [1.29, 1.82) is 0 Å². The normalized spacial score (nSPS) is 21.7. The van der Waals surface area contributed by atoms with Crippen molar-refractivity contribution in [2.45, 2.75) is 27.7 Å². The Hall–Kier alpha value is -1.25. The Morgan fingerprint density at radius 2 is 2.00 bits per heavy atom. The third-order valence-electron chi connectivity index (χ3n) is 2.93. The molecule has 1 unspecified atom stereocenters. The van der Waals surface area contributed by atoms with Gasteiger partial charge in [-0.2, -0.15) is 0 Å². The van der Waals surface area contributed by atoms with Gasteiger partial charge in [0.1, 0.15) is 0 Å². The second-order valence-corrected chi connectivity index (χ2v) is 5.39. The van der Waals surface area contributed by atoms with E-state index in [9.17, 15) is 0 Å². The predicted octanol–water partition coefficient (Wildman–Crippen LogP) is 1.37. The van der Waals surface area contributed by atoms with E-state index >= 15 is 0 Å². The molecule has 0 bridgehead atoms. The molecule has 0 heterocycles. The zero-order valence-electron chi connectivity index (χ0n) is 10.7. The van der Waals surface area contributed by atoms with Gasteiger partial charge in [-0.15, -0.1) is 0 Å². The van der Waals surface area contributed by atoms with Crippen LogP contribution in [-0.2, 0) is 0 Å². The monoisotopic (exact) mass is 216 g/mol. The Bertz CT molecular complexity index is 395. The molecule has 86 valence electrons. The molecule has 0 radical (unpaired) electrons. The number of allylic oxidation sites excluding steroid dienone is 4. The van der Waals surface area contributed by atoms with Crippen LogP contribution >= 0.6 is 0 Å². The topological polar surface area (TPSA) is 52.0 Å². The van der Waals surface area contributed by atoms with Crippen molar-refractivity contribution < 1.29 is 0 Å². The van der Waals surface area contributed by atoms with E-state index in [4.69, 9.17) is 11.5 Å². The number of hydrogen-bond donors (Lipinski definition) is 2. The Morgan fingerprint density at radius 3 is 2.38 bits per heavy atom. The first-order chi connectivity index (χ1) is 7.23. The van der Waals surface area contributed by atoms with Crippen LogP contribution < -0.4 is 11.5 Å². The summed E-state index contributed by atoms with van der Waals surface area (Å²) < 4.78 is 0. The van der Waals surface area contributed by atoms with Gasteiger partial charge < -0.3 is 0 Å². The second-order valence-electron chi connectivity index (χ2n) is 5.39. The average molecular weight is 216 g/mol. The fourth-order valence-corrected chi connectivity index (χ4v) is 1.61. The first-order valence-corrected chi connectivity index (χ1v) is 5.58. The standard InChI is InChI=1S/C13H21BN2/c1-8-5-6-9(15)12(8)10(16)7-11(14)13(2,3)4/h5-8,14H,15-16H2,1-4H3/b10-7+. The van der Waals surface area contributed by atoms with Crippen molar-refractivity contribution in [2.75, 3.05) is 0 Å². The average Bonchev–Trinajstić information content (AvgIpc) is 2.44. The fourth-order valence-electron chi connectivity index (χ4n) is 1.61. The summed E-state index contributed by atoms with van der Waals surface area (Å²) >= 11 is 0. The first kappa shape index (κ1) is 12.8. The van der Waals surface area contributed by atoms with E-state index in [1.807, 2.05) is 12.2 Å². The van der Waals surface area contributed by atoms with Crippen molar-refractivity contribution in [3.05, 3.63) is 35.2 Å². The van der Waals surface area contributed by atoms with Gasteiger partial charge in [-0.05, 0) is 0 Å². The summed E-state index contributed by atoms with van der Waals surface area (Å²) in [5, 5.41) is 0. The molecule has 0 aromatic rings. The van der Waals surface area contributed by atoms with E-state index in [0.717, 1.165) is 22.4 Å². The molecule has 1 atom stereocenters. The van der Waals surface area contributed by atoms with Crippen molar-refractivity contribution in [1.82, 2.24) is 0 Å². The predicted molar refractivity (Wildman–Crippen MR) is 73.4 cm³/mol. The van der Waals surface area contributed by atoms with Crippen molar-refractivity contribution in [2.24, 2.45) is 22.8 Å². The van der Waals surface area contributed by atoms with Crippen molar-refractivity contribution >= 4 is 13.0 Å². The number of hydrogen-bond acceptors (Lipinski definition) is 2. The molecular weight excluding hydrogens is 195 g/mol. The van der Waals surface area contributed by atoms with Gasteiger partial charge in [0.25, 0.3) is 0 Å². The minimum absolute atomic E-state index is 0.0369. The summed E-state index contributed by atoms with van der Waals surface area (Å²) in [6.07, 6.45) is 5.91. The molecule has 0 fully saturated rings. The summed E-state index contributed by atoms with van der Waals surface area (Å²) in [4.78, 5) is 0. The van der Waals surface area contributed by atoms with Crippen LogP contribution in [0.15, 0.2) is 35.2 Å². The van der Waals surface area contributed by atoms with Crippen molar-refractivity contribution in [3.63, 3.8) is 0 Å². The second kappa shape index (κ2) is 4.32. The van der Waals surface area contributed by atoms with Crippen molar-refractivity contribution in [3.8, 4) is 0 Å². The molecule has 3 heteroatoms. The number of rotatable bonds is 2. The third kappa shape index (κ3) is 2.66. The Kier molecular flexibility index (Phi) is 3.46. The summed E-state index contributed by atoms with van der Waals surface area (Å²) in [6, 6.07) is 0. The zero-order valence-corrected chi connectivity index (χ0v) is 10.7. The van der Waals surface area contributed by atoms with Gasteiger partial charge in [-0.3, -0.25) is 0 Å². The van der Waals surface area contributed by atoms with Gasteiger partial charge in [0.2, 0.25) is 0 Å². The van der Waals surface area contributed by atoms with Crippen LogP contribution in [0.5, 0.6) is 0 Å². The summed E-state index contributed by atoms with van der Waals surface area (Å²) in [5.74, 6) is 0.295. The van der Waals surface area contributed by atoms with Crippen LogP contribution in [0.2, 0.25) is 0 Å². The van der Waals surface area contributed by atoms with E-state index in [1.165, 1.54) is 0 Å². The van der Waals surface area contributed by atoms with E-state index < -0.39 is 0 Å². The Morgan fingerprint density at radius 1 is 1.44 bits per heavy atom. The molecule has 0 saturated carbocycles. The molecule has 4 N–H and O–H groups in total. The zero-order chi connectivity index (χ0) is 12.5. The molecule has 1 aliphatic carbocycles. The van der Waals surface area contributed by atoms with E-state index in [1.54, 1.807) is 0 Å². The van der Waals surface area contributed by atoms with E-state index in [0.29, 0.717) is 5.92 Å². The minimum atomic E-state index is 0.0369. The third-order valence-corrected chi connectivity index (χ3v) is 2.93. The van der Waals surface area contributed by atoms with Crippen LogP contribution in [0.4, 0.5) is 0 Å².